The summed E-state index contributed by atoms with van der Waals surface area (Å²) in [6.45, 7) is 10.2. The van der Waals surface area contributed by atoms with Gasteiger partial charge in [-0.2, -0.15) is 0 Å². The molecular weight excluding hydrogens is 371 g/mol. The number of nitrogens with zero attached hydrogens (tertiary/aromatic N) is 3. The third-order valence-corrected chi connectivity index (χ3v) is 5.85. The van der Waals surface area contributed by atoms with Crippen LogP contribution in [0.5, 0.6) is 0 Å². The Morgan fingerprint density at radius 1 is 1.00 bits per heavy atom. The van der Waals surface area contributed by atoms with Crippen LogP contribution in [-0.4, -0.2) is 78.9 Å². The molecule has 0 unspecified atom stereocenters. The van der Waals surface area contributed by atoms with Gasteiger partial charge in [0.1, 0.15) is 5.82 Å². The molecule has 0 spiro atoms. The SMILES string of the molecule is C[C@@H]1C[C@H](C)CN(C(=O)CN2CCN(CC(=O)NCc3ccccc3F)CC2)C1. The van der Waals surface area contributed by atoms with Gasteiger partial charge in [-0.25, -0.2) is 4.39 Å². The van der Waals surface area contributed by atoms with E-state index in [-0.39, 0.29) is 24.2 Å². The average molecular weight is 405 g/mol. The number of likely N-dealkylation sites (tertiary alicyclic amines) is 1. The molecule has 2 saturated heterocycles. The molecule has 0 saturated carbocycles. The van der Waals surface area contributed by atoms with Crippen LogP contribution in [0.15, 0.2) is 24.3 Å². The van der Waals surface area contributed by atoms with Crippen LogP contribution in [0.25, 0.3) is 0 Å². The van der Waals surface area contributed by atoms with Gasteiger partial charge in [0.2, 0.25) is 11.8 Å². The summed E-state index contributed by atoms with van der Waals surface area (Å²) in [6.07, 6.45) is 1.20. The third kappa shape index (κ3) is 6.51. The van der Waals surface area contributed by atoms with Crippen molar-refractivity contribution >= 4 is 11.8 Å². The number of hydrogen-bond donors (Lipinski definition) is 1. The first kappa shape index (κ1) is 21.7. The van der Waals surface area contributed by atoms with Crippen molar-refractivity contribution in [1.29, 1.82) is 0 Å². The van der Waals surface area contributed by atoms with Crippen molar-refractivity contribution in [3.63, 3.8) is 0 Å². The Hall–Kier alpha value is -1.99. The van der Waals surface area contributed by atoms with Gasteiger partial charge >= 0.3 is 0 Å². The molecule has 2 atom stereocenters. The van der Waals surface area contributed by atoms with E-state index < -0.39 is 0 Å². The monoisotopic (exact) mass is 404 g/mol. The van der Waals surface area contributed by atoms with E-state index in [1.807, 2.05) is 4.90 Å². The lowest BCUT2D eigenvalue weighted by atomic mass is 9.92. The zero-order valence-corrected chi connectivity index (χ0v) is 17.6. The van der Waals surface area contributed by atoms with E-state index in [1.54, 1.807) is 18.2 Å². The molecule has 0 radical (unpaired) electrons. The van der Waals surface area contributed by atoms with Crippen molar-refractivity contribution in [1.82, 2.24) is 20.0 Å². The number of amides is 2. The molecule has 2 amide bonds. The molecule has 2 fully saturated rings. The van der Waals surface area contributed by atoms with Gasteiger partial charge in [0.25, 0.3) is 0 Å². The van der Waals surface area contributed by atoms with E-state index in [2.05, 4.69) is 29.0 Å². The molecule has 2 heterocycles. The highest BCUT2D eigenvalue weighted by molar-refractivity contribution is 5.79. The van der Waals surface area contributed by atoms with Gasteiger partial charge in [0.05, 0.1) is 13.1 Å². The van der Waals surface area contributed by atoms with Gasteiger partial charge in [0, 0.05) is 51.4 Å². The van der Waals surface area contributed by atoms with Gasteiger partial charge in [-0.1, -0.05) is 32.0 Å². The maximum absolute atomic E-state index is 13.6. The fraction of sp³-hybridized carbons (Fsp3) is 0.636. The number of benzene rings is 1. The van der Waals surface area contributed by atoms with Gasteiger partial charge in [-0.05, 0) is 24.3 Å². The van der Waals surface area contributed by atoms with Crippen molar-refractivity contribution in [2.75, 3.05) is 52.4 Å². The maximum atomic E-state index is 13.6. The van der Waals surface area contributed by atoms with E-state index in [9.17, 15) is 14.0 Å². The van der Waals surface area contributed by atoms with Crippen LogP contribution in [0.3, 0.4) is 0 Å². The van der Waals surface area contributed by atoms with Crippen LogP contribution in [-0.2, 0) is 16.1 Å². The number of hydrogen-bond acceptors (Lipinski definition) is 4. The Morgan fingerprint density at radius 2 is 1.59 bits per heavy atom. The van der Waals surface area contributed by atoms with E-state index >= 15 is 0 Å². The lowest BCUT2D eigenvalue weighted by Gasteiger charge is -2.38. The molecule has 0 aromatic heterocycles. The molecular formula is C22H33FN4O2. The van der Waals surface area contributed by atoms with Crippen molar-refractivity contribution in [2.24, 2.45) is 11.8 Å². The second-order valence-electron chi connectivity index (χ2n) is 8.67. The zero-order chi connectivity index (χ0) is 20.8. The highest BCUT2D eigenvalue weighted by Gasteiger charge is 2.27. The molecule has 7 heteroatoms. The maximum Gasteiger partial charge on any atom is 0.236 e. The third-order valence-electron chi connectivity index (χ3n) is 5.85. The number of piperazine rings is 1. The van der Waals surface area contributed by atoms with Crippen molar-refractivity contribution in [3.8, 4) is 0 Å². The highest BCUT2D eigenvalue weighted by atomic mass is 19.1. The van der Waals surface area contributed by atoms with E-state index in [0.29, 0.717) is 30.5 Å². The summed E-state index contributed by atoms with van der Waals surface area (Å²) >= 11 is 0. The largest absolute Gasteiger partial charge is 0.351 e. The van der Waals surface area contributed by atoms with Crippen LogP contribution in [0.1, 0.15) is 25.8 Å². The van der Waals surface area contributed by atoms with Crippen LogP contribution in [0.2, 0.25) is 0 Å². The summed E-state index contributed by atoms with van der Waals surface area (Å²) in [4.78, 5) is 31.1. The number of carbonyl (C=O) groups is 2. The van der Waals surface area contributed by atoms with Gasteiger partial charge in [-0.15, -0.1) is 0 Å². The van der Waals surface area contributed by atoms with E-state index in [0.717, 1.165) is 39.3 Å². The van der Waals surface area contributed by atoms with Crippen LogP contribution < -0.4 is 5.32 Å². The summed E-state index contributed by atoms with van der Waals surface area (Å²) < 4.78 is 13.6. The fourth-order valence-corrected chi connectivity index (χ4v) is 4.36. The molecule has 1 N–H and O–H groups in total. The minimum Gasteiger partial charge on any atom is -0.351 e. The number of carbonyl (C=O) groups excluding carboxylic acids is 2. The molecule has 29 heavy (non-hydrogen) atoms. The fourth-order valence-electron chi connectivity index (χ4n) is 4.36. The number of nitrogens with one attached hydrogen (secondary N) is 1. The quantitative estimate of drug-likeness (QED) is 0.782. The molecule has 1 aromatic rings. The van der Waals surface area contributed by atoms with Crippen LogP contribution in [0, 0.1) is 17.7 Å². The Balaban J connectivity index is 1.36. The molecule has 0 bridgehead atoms. The van der Waals surface area contributed by atoms with E-state index in [4.69, 9.17) is 0 Å². The zero-order valence-electron chi connectivity index (χ0n) is 17.6. The van der Waals surface area contributed by atoms with Crippen molar-refractivity contribution in [2.45, 2.75) is 26.8 Å². The van der Waals surface area contributed by atoms with E-state index in [1.165, 1.54) is 12.5 Å². The summed E-state index contributed by atoms with van der Waals surface area (Å²) in [5.74, 6) is 0.960. The molecule has 3 rings (SSSR count). The lowest BCUT2D eigenvalue weighted by Crippen LogP contribution is -2.53. The van der Waals surface area contributed by atoms with Crippen LogP contribution in [0.4, 0.5) is 4.39 Å². The Labute approximate surface area is 173 Å². The second-order valence-corrected chi connectivity index (χ2v) is 8.67. The second kappa shape index (κ2) is 10.2. The Morgan fingerprint density at radius 3 is 2.21 bits per heavy atom. The summed E-state index contributed by atoms with van der Waals surface area (Å²) in [6, 6.07) is 6.47. The van der Waals surface area contributed by atoms with Crippen LogP contribution >= 0.6 is 0 Å². The van der Waals surface area contributed by atoms with Crippen molar-refractivity contribution in [3.05, 3.63) is 35.6 Å². The molecule has 2 aliphatic heterocycles. The summed E-state index contributed by atoms with van der Waals surface area (Å²) in [5.41, 5.74) is 0.491. The molecule has 1 aromatic carbocycles. The smallest absolute Gasteiger partial charge is 0.236 e. The molecule has 160 valence electrons. The molecule has 2 aliphatic rings. The Kier molecular flexibility index (Phi) is 7.61. The Bertz CT molecular complexity index is 696. The topological polar surface area (TPSA) is 55.9 Å². The highest BCUT2D eigenvalue weighted by Crippen LogP contribution is 2.21. The summed E-state index contributed by atoms with van der Waals surface area (Å²) in [7, 11) is 0. The van der Waals surface area contributed by atoms with Gasteiger partial charge in [0.15, 0.2) is 0 Å². The predicted molar refractivity (Wildman–Crippen MR) is 111 cm³/mol. The molecule has 6 nitrogen and oxygen atoms in total. The van der Waals surface area contributed by atoms with Gasteiger partial charge in [-0.3, -0.25) is 19.4 Å². The van der Waals surface area contributed by atoms with Crippen molar-refractivity contribution < 1.29 is 14.0 Å². The first-order valence-corrected chi connectivity index (χ1v) is 10.6. The summed E-state index contributed by atoms with van der Waals surface area (Å²) in [5, 5.41) is 2.79. The first-order valence-electron chi connectivity index (χ1n) is 10.6. The predicted octanol–water partition coefficient (Wildman–Crippen LogP) is 1.56. The lowest BCUT2D eigenvalue weighted by molar-refractivity contribution is -0.135. The van der Waals surface area contributed by atoms with Gasteiger partial charge < -0.3 is 10.2 Å². The standard InChI is InChI=1S/C22H33FN4O2/c1-17-11-18(2)14-27(13-17)22(29)16-26-9-7-25(8-10-26)15-21(28)24-12-19-5-3-4-6-20(19)23/h3-6,17-18H,7-16H2,1-2H3,(H,24,28)/t17-,18+. The number of halogens is 1. The average Bonchev–Trinajstić information content (AvgIpc) is 2.68. The minimum atomic E-state index is -0.302. The minimum absolute atomic E-state index is 0.103. The first-order chi connectivity index (χ1) is 13.9. The number of rotatable bonds is 6. The molecule has 0 aliphatic carbocycles. The number of piperidine rings is 1. The normalized spacial score (nSPS) is 23.8.